The second kappa shape index (κ2) is 5.53. The quantitative estimate of drug-likeness (QED) is 0.842. The summed E-state index contributed by atoms with van der Waals surface area (Å²) in [6.07, 6.45) is 4.56. The molecule has 0 N–H and O–H groups in total. The van der Waals surface area contributed by atoms with Crippen LogP contribution in [0.1, 0.15) is 55.1 Å². The van der Waals surface area contributed by atoms with Crippen molar-refractivity contribution in [2.75, 3.05) is 7.11 Å². The molecule has 19 heavy (non-hydrogen) atoms. The van der Waals surface area contributed by atoms with E-state index in [0.29, 0.717) is 11.8 Å². The molecule has 100 valence electrons. The number of aromatic nitrogens is 2. The minimum atomic E-state index is -0.274. The predicted molar refractivity (Wildman–Crippen MR) is 70.8 cm³/mol. The third-order valence-corrected chi connectivity index (χ3v) is 3.72. The highest BCUT2D eigenvalue weighted by molar-refractivity contribution is 5.21. The highest BCUT2D eigenvalue weighted by Gasteiger charge is 2.26. The fourth-order valence-electron chi connectivity index (χ4n) is 2.70. The van der Waals surface area contributed by atoms with Crippen molar-refractivity contribution in [1.29, 1.82) is 0 Å². The second-order valence-corrected chi connectivity index (χ2v) is 4.99. The number of hydrogen-bond acceptors (Lipinski definition) is 4. The summed E-state index contributed by atoms with van der Waals surface area (Å²) in [5, 5.41) is 8.36. The van der Waals surface area contributed by atoms with Crippen LogP contribution in [0.2, 0.25) is 0 Å². The molecule has 0 aliphatic heterocycles. The van der Waals surface area contributed by atoms with Crippen molar-refractivity contribution >= 4 is 0 Å². The van der Waals surface area contributed by atoms with Crippen LogP contribution in [0.15, 0.2) is 34.7 Å². The van der Waals surface area contributed by atoms with Gasteiger partial charge in [-0.25, -0.2) is 0 Å². The number of benzene rings is 1. The molecule has 0 saturated heterocycles. The molecule has 1 heterocycles. The first-order valence-electron chi connectivity index (χ1n) is 6.79. The Labute approximate surface area is 112 Å². The molecular weight excluding hydrogens is 240 g/mol. The molecule has 0 bridgehead atoms. The number of rotatable bonds is 4. The van der Waals surface area contributed by atoms with Crippen molar-refractivity contribution in [3.63, 3.8) is 0 Å². The largest absolute Gasteiger partial charge is 0.422 e. The lowest BCUT2D eigenvalue weighted by Crippen LogP contribution is -2.03. The van der Waals surface area contributed by atoms with E-state index in [4.69, 9.17) is 9.15 Å². The second-order valence-electron chi connectivity index (χ2n) is 4.99. The first kappa shape index (κ1) is 12.4. The van der Waals surface area contributed by atoms with Crippen molar-refractivity contribution in [3.8, 4) is 0 Å². The number of ether oxygens (including phenoxy) is 1. The molecule has 1 aromatic heterocycles. The van der Waals surface area contributed by atoms with Crippen LogP contribution in [0.3, 0.4) is 0 Å². The maximum atomic E-state index is 5.83. The van der Waals surface area contributed by atoms with Gasteiger partial charge in [0.05, 0.1) is 0 Å². The number of hydrogen-bond donors (Lipinski definition) is 0. The smallest absolute Gasteiger partial charge is 0.249 e. The third kappa shape index (κ3) is 2.54. The zero-order chi connectivity index (χ0) is 13.1. The van der Waals surface area contributed by atoms with Crippen LogP contribution < -0.4 is 0 Å². The first-order valence-corrected chi connectivity index (χ1v) is 6.79. The van der Waals surface area contributed by atoms with Crippen LogP contribution in [0.4, 0.5) is 0 Å². The molecule has 1 unspecified atom stereocenters. The van der Waals surface area contributed by atoms with Crippen LogP contribution in [-0.2, 0) is 4.74 Å². The monoisotopic (exact) mass is 258 g/mol. The van der Waals surface area contributed by atoms with Gasteiger partial charge in [0.1, 0.15) is 0 Å². The van der Waals surface area contributed by atoms with Gasteiger partial charge in [-0.3, -0.25) is 0 Å². The normalized spacial score (nSPS) is 17.7. The molecule has 1 atom stereocenters. The first-order chi connectivity index (χ1) is 9.38. The molecule has 4 heteroatoms. The predicted octanol–water partition coefficient (Wildman–Crippen LogP) is 3.46. The Morgan fingerprint density at radius 1 is 1.16 bits per heavy atom. The Kier molecular flexibility index (Phi) is 3.60. The molecule has 0 amide bonds. The maximum Gasteiger partial charge on any atom is 0.249 e. The summed E-state index contributed by atoms with van der Waals surface area (Å²) >= 11 is 0. The van der Waals surface area contributed by atoms with Crippen molar-refractivity contribution in [1.82, 2.24) is 10.2 Å². The summed E-state index contributed by atoms with van der Waals surface area (Å²) in [5.41, 5.74) is 1.03. The van der Waals surface area contributed by atoms with Crippen molar-refractivity contribution in [2.45, 2.75) is 37.7 Å². The number of methoxy groups -OCH3 is 1. The molecule has 2 aromatic rings. The Morgan fingerprint density at radius 2 is 1.89 bits per heavy atom. The van der Waals surface area contributed by atoms with E-state index in [2.05, 4.69) is 10.2 Å². The average Bonchev–Trinajstić information content (AvgIpc) is 3.11. The van der Waals surface area contributed by atoms with Gasteiger partial charge >= 0.3 is 0 Å². The standard InChI is InChI=1S/C15H18N2O2/c1-18-13(11-7-3-2-4-8-11)15-17-16-14(19-15)12-9-5-6-10-12/h2-4,7-8,12-13H,5-6,9-10H2,1H3. The molecule has 1 aliphatic carbocycles. The minimum Gasteiger partial charge on any atom is -0.422 e. The van der Waals surface area contributed by atoms with Gasteiger partial charge in [-0.05, 0) is 18.4 Å². The van der Waals surface area contributed by atoms with Gasteiger partial charge in [-0.1, -0.05) is 43.2 Å². The van der Waals surface area contributed by atoms with E-state index >= 15 is 0 Å². The van der Waals surface area contributed by atoms with Crippen molar-refractivity contribution in [2.24, 2.45) is 0 Å². The zero-order valence-corrected chi connectivity index (χ0v) is 11.1. The summed E-state index contributed by atoms with van der Waals surface area (Å²) in [7, 11) is 1.66. The van der Waals surface area contributed by atoms with Crippen LogP contribution in [-0.4, -0.2) is 17.3 Å². The van der Waals surface area contributed by atoms with E-state index in [9.17, 15) is 0 Å². The summed E-state index contributed by atoms with van der Waals surface area (Å²) in [6.45, 7) is 0. The molecule has 0 spiro atoms. The highest BCUT2D eigenvalue weighted by atomic mass is 16.5. The lowest BCUT2D eigenvalue weighted by atomic mass is 10.1. The van der Waals surface area contributed by atoms with Gasteiger partial charge in [0.2, 0.25) is 11.8 Å². The fourth-order valence-corrected chi connectivity index (χ4v) is 2.70. The van der Waals surface area contributed by atoms with E-state index in [1.165, 1.54) is 12.8 Å². The minimum absolute atomic E-state index is 0.274. The molecular formula is C15H18N2O2. The van der Waals surface area contributed by atoms with E-state index in [0.717, 1.165) is 24.3 Å². The Bertz CT molecular complexity index is 518. The van der Waals surface area contributed by atoms with Gasteiger partial charge in [0.15, 0.2) is 6.10 Å². The van der Waals surface area contributed by atoms with Crippen LogP contribution in [0, 0.1) is 0 Å². The summed E-state index contributed by atoms with van der Waals surface area (Å²) in [5.74, 6) is 1.76. The van der Waals surface area contributed by atoms with Crippen LogP contribution in [0.5, 0.6) is 0 Å². The van der Waals surface area contributed by atoms with E-state index in [1.54, 1.807) is 7.11 Å². The van der Waals surface area contributed by atoms with Crippen LogP contribution in [0.25, 0.3) is 0 Å². The zero-order valence-electron chi connectivity index (χ0n) is 11.1. The topological polar surface area (TPSA) is 48.2 Å². The van der Waals surface area contributed by atoms with Gasteiger partial charge < -0.3 is 9.15 Å². The van der Waals surface area contributed by atoms with Gasteiger partial charge in [0.25, 0.3) is 0 Å². The van der Waals surface area contributed by atoms with Gasteiger partial charge in [0, 0.05) is 13.0 Å². The summed E-state index contributed by atoms with van der Waals surface area (Å²) in [6, 6.07) is 9.96. The SMILES string of the molecule is COC(c1ccccc1)c1nnc(C2CCCC2)o1. The lowest BCUT2D eigenvalue weighted by molar-refractivity contribution is 0.110. The summed E-state index contributed by atoms with van der Waals surface area (Å²) < 4.78 is 11.3. The molecule has 3 rings (SSSR count). The van der Waals surface area contributed by atoms with Crippen molar-refractivity contribution < 1.29 is 9.15 Å². The molecule has 1 aliphatic rings. The number of nitrogens with zero attached hydrogens (tertiary/aromatic N) is 2. The van der Waals surface area contributed by atoms with Gasteiger partial charge in [-0.15, -0.1) is 10.2 Å². The van der Waals surface area contributed by atoms with E-state index in [-0.39, 0.29) is 6.10 Å². The molecule has 1 saturated carbocycles. The molecule has 0 radical (unpaired) electrons. The Morgan fingerprint density at radius 3 is 2.58 bits per heavy atom. The van der Waals surface area contributed by atoms with Gasteiger partial charge in [-0.2, -0.15) is 0 Å². The highest BCUT2D eigenvalue weighted by Crippen LogP contribution is 2.34. The Hall–Kier alpha value is -1.68. The fraction of sp³-hybridized carbons (Fsp3) is 0.467. The van der Waals surface area contributed by atoms with Crippen molar-refractivity contribution in [3.05, 3.63) is 47.7 Å². The van der Waals surface area contributed by atoms with E-state index < -0.39 is 0 Å². The van der Waals surface area contributed by atoms with E-state index in [1.807, 2.05) is 30.3 Å². The summed E-state index contributed by atoms with van der Waals surface area (Å²) in [4.78, 5) is 0. The maximum absolute atomic E-state index is 5.83. The Balaban J connectivity index is 1.84. The molecule has 1 aromatic carbocycles. The third-order valence-electron chi connectivity index (χ3n) is 3.72. The molecule has 4 nitrogen and oxygen atoms in total. The average molecular weight is 258 g/mol. The lowest BCUT2D eigenvalue weighted by Gasteiger charge is -2.11. The van der Waals surface area contributed by atoms with Crippen LogP contribution >= 0.6 is 0 Å². The molecule has 1 fully saturated rings.